The predicted molar refractivity (Wildman–Crippen MR) is 95.6 cm³/mol. The summed E-state index contributed by atoms with van der Waals surface area (Å²) < 4.78 is 37.1. The van der Waals surface area contributed by atoms with Crippen LogP contribution in [0.1, 0.15) is 23.7 Å². The number of amides is 2. The molecule has 0 bridgehead atoms. The minimum atomic E-state index is -4.47. The van der Waals surface area contributed by atoms with Gasteiger partial charge in [0.05, 0.1) is 0 Å². The van der Waals surface area contributed by atoms with Gasteiger partial charge in [-0.25, -0.2) is 0 Å². The van der Waals surface area contributed by atoms with Crippen LogP contribution < -0.4 is 16.6 Å². The first-order valence-corrected chi connectivity index (χ1v) is 9.58. The molecule has 0 radical (unpaired) electrons. The van der Waals surface area contributed by atoms with Gasteiger partial charge in [0.15, 0.2) is 0 Å². The lowest BCUT2D eigenvalue weighted by Crippen LogP contribution is -2.52. The molecule has 0 aliphatic rings. The van der Waals surface area contributed by atoms with Gasteiger partial charge in [0.25, 0.3) is 11.8 Å². The Hall–Kier alpha value is -1.43. The van der Waals surface area contributed by atoms with Crippen LogP contribution in [0.4, 0.5) is 13.2 Å². The maximum atomic E-state index is 12.4. The molecule has 26 heavy (non-hydrogen) atoms. The molecular formula is C15H20F3N3O3S2. The smallest absolute Gasteiger partial charge is 0.382 e. The molecule has 6 nitrogen and oxygen atoms in total. The second-order valence-corrected chi connectivity index (χ2v) is 7.65. The number of carbonyl (C=O) groups excluding carboxylic acids is 2. The Bertz CT molecular complexity index is 617. The van der Waals surface area contributed by atoms with E-state index >= 15 is 0 Å². The molecule has 11 heteroatoms. The Balaban J connectivity index is 2.55. The van der Waals surface area contributed by atoms with Crippen molar-refractivity contribution in [1.82, 2.24) is 10.9 Å². The average Bonchev–Trinajstić information content (AvgIpc) is 2.57. The summed E-state index contributed by atoms with van der Waals surface area (Å²) in [5.74, 6) is -0.145. The molecule has 146 valence electrons. The molecule has 1 aromatic carbocycles. The molecule has 0 saturated heterocycles. The minimum absolute atomic E-state index is 0.0716. The standard InChI is InChI=1S/C15H20F3N3O3S2/c1-2-25-7-6-11(19)12(22)14(24)21-20-13(23)9-4-3-5-10(8-9)26-15(16,17)18/h3-5,8,11-12,22H,2,6-7,19H2,1H3,(H,20,23)(H,21,24)/t11-,12?/m1/s1. The third-order valence-corrected chi connectivity index (χ3v) is 4.76. The van der Waals surface area contributed by atoms with Crippen LogP contribution in [0.25, 0.3) is 0 Å². The van der Waals surface area contributed by atoms with E-state index < -0.39 is 29.5 Å². The van der Waals surface area contributed by atoms with Gasteiger partial charge in [-0.05, 0) is 47.9 Å². The number of nitrogens with two attached hydrogens (primary N) is 1. The summed E-state index contributed by atoms with van der Waals surface area (Å²) >= 11 is 1.26. The number of benzene rings is 1. The highest BCUT2D eigenvalue weighted by atomic mass is 32.2. The zero-order chi connectivity index (χ0) is 19.7. The summed E-state index contributed by atoms with van der Waals surface area (Å²) in [5, 5.41) is 9.81. The molecule has 2 atom stereocenters. The zero-order valence-electron chi connectivity index (χ0n) is 13.9. The normalized spacial score (nSPS) is 13.8. The summed E-state index contributed by atoms with van der Waals surface area (Å²) in [5.41, 5.74) is 5.22. The van der Waals surface area contributed by atoms with Gasteiger partial charge in [-0.2, -0.15) is 24.9 Å². The lowest BCUT2D eigenvalue weighted by molar-refractivity contribution is -0.131. The van der Waals surface area contributed by atoms with Gasteiger partial charge in [0, 0.05) is 16.5 Å². The van der Waals surface area contributed by atoms with E-state index in [1.54, 1.807) is 11.8 Å². The summed E-state index contributed by atoms with van der Waals surface area (Å²) in [4.78, 5) is 23.6. The van der Waals surface area contributed by atoms with Gasteiger partial charge < -0.3 is 10.8 Å². The van der Waals surface area contributed by atoms with Crippen molar-refractivity contribution in [2.24, 2.45) is 5.73 Å². The van der Waals surface area contributed by atoms with E-state index in [9.17, 15) is 27.9 Å². The highest BCUT2D eigenvalue weighted by Crippen LogP contribution is 2.36. The number of hydrazine groups is 1. The van der Waals surface area contributed by atoms with Crippen molar-refractivity contribution in [3.8, 4) is 0 Å². The molecule has 0 spiro atoms. The van der Waals surface area contributed by atoms with Crippen molar-refractivity contribution in [3.05, 3.63) is 29.8 Å². The summed E-state index contributed by atoms with van der Waals surface area (Å²) in [6, 6.07) is 4.05. The summed E-state index contributed by atoms with van der Waals surface area (Å²) in [6.07, 6.45) is -1.10. The third-order valence-electron chi connectivity index (χ3n) is 3.10. The van der Waals surface area contributed by atoms with Crippen molar-refractivity contribution in [2.75, 3.05) is 11.5 Å². The van der Waals surface area contributed by atoms with Crippen LogP contribution in [-0.2, 0) is 4.79 Å². The van der Waals surface area contributed by atoms with Crippen molar-refractivity contribution in [3.63, 3.8) is 0 Å². The highest BCUT2D eigenvalue weighted by molar-refractivity contribution is 8.00. The van der Waals surface area contributed by atoms with Crippen LogP contribution in [0.2, 0.25) is 0 Å². The molecule has 5 N–H and O–H groups in total. The number of carbonyl (C=O) groups is 2. The molecule has 1 aromatic rings. The van der Waals surface area contributed by atoms with Crippen molar-refractivity contribution < 1.29 is 27.9 Å². The SMILES string of the molecule is CCSCC[C@@H](N)C(O)C(=O)NNC(=O)c1cccc(SC(F)(F)F)c1. The van der Waals surface area contributed by atoms with E-state index in [0.717, 1.165) is 11.8 Å². The van der Waals surface area contributed by atoms with E-state index in [4.69, 9.17) is 5.73 Å². The number of aliphatic hydroxyl groups excluding tert-OH is 1. The van der Waals surface area contributed by atoms with Crippen LogP contribution in [0.5, 0.6) is 0 Å². The molecule has 0 aliphatic carbocycles. The minimum Gasteiger partial charge on any atom is -0.382 e. The van der Waals surface area contributed by atoms with Crippen molar-refractivity contribution >= 4 is 35.3 Å². The number of rotatable bonds is 8. The Morgan fingerprint density at radius 2 is 2.00 bits per heavy atom. The Labute approximate surface area is 157 Å². The van der Waals surface area contributed by atoms with Crippen LogP contribution in [0, 0.1) is 0 Å². The van der Waals surface area contributed by atoms with Crippen LogP contribution in [-0.4, -0.2) is 46.1 Å². The predicted octanol–water partition coefficient (Wildman–Crippen LogP) is 1.89. The maximum Gasteiger partial charge on any atom is 0.446 e. The summed E-state index contributed by atoms with van der Waals surface area (Å²) in [7, 11) is 0. The highest BCUT2D eigenvalue weighted by Gasteiger charge is 2.29. The summed E-state index contributed by atoms with van der Waals surface area (Å²) in [6.45, 7) is 1.97. The number of hydrogen-bond donors (Lipinski definition) is 4. The molecule has 2 amide bonds. The van der Waals surface area contributed by atoms with E-state index in [0.29, 0.717) is 12.2 Å². The molecule has 0 heterocycles. The Morgan fingerprint density at radius 3 is 2.62 bits per heavy atom. The van der Waals surface area contributed by atoms with Crippen molar-refractivity contribution in [2.45, 2.75) is 35.9 Å². The molecule has 1 rings (SSSR count). The van der Waals surface area contributed by atoms with Crippen LogP contribution in [0.15, 0.2) is 29.2 Å². The number of aliphatic hydroxyl groups is 1. The number of nitrogens with one attached hydrogen (secondary N) is 2. The fourth-order valence-electron chi connectivity index (χ4n) is 1.81. The van der Waals surface area contributed by atoms with Crippen LogP contribution >= 0.6 is 23.5 Å². The van der Waals surface area contributed by atoms with Gasteiger partial charge in [-0.1, -0.05) is 13.0 Å². The largest absolute Gasteiger partial charge is 0.446 e. The molecule has 0 saturated carbocycles. The lowest BCUT2D eigenvalue weighted by Gasteiger charge is -2.18. The quantitative estimate of drug-likeness (QED) is 0.296. The number of thioether (sulfide) groups is 2. The first-order valence-electron chi connectivity index (χ1n) is 7.61. The Kier molecular flexibility index (Phi) is 9.27. The van der Waals surface area contributed by atoms with E-state index in [1.165, 1.54) is 18.2 Å². The van der Waals surface area contributed by atoms with E-state index in [-0.39, 0.29) is 22.2 Å². The van der Waals surface area contributed by atoms with E-state index in [2.05, 4.69) is 0 Å². The van der Waals surface area contributed by atoms with Crippen LogP contribution in [0.3, 0.4) is 0 Å². The number of hydrogen-bond acceptors (Lipinski definition) is 6. The van der Waals surface area contributed by atoms with Crippen molar-refractivity contribution in [1.29, 1.82) is 0 Å². The van der Waals surface area contributed by atoms with Gasteiger partial charge >= 0.3 is 5.51 Å². The fourth-order valence-corrected chi connectivity index (χ4v) is 3.14. The number of alkyl halides is 3. The number of halogens is 3. The fraction of sp³-hybridized carbons (Fsp3) is 0.467. The maximum absolute atomic E-state index is 12.4. The zero-order valence-corrected chi connectivity index (χ0v) is 15.5. The molecule has 0 aromatic heterocycles. The monoisotopic (exact) mass is 411 g/mol. The topological polar surface area (TPSA) is 104 Å². The van der Waals surface area contributed by atoms with Gasteiger partial charge in [-0.3, -0.25) is 20.4 Å². The third kappa shape index (κ3) is 8.30. The van der Waals surface area contributed by atoms with Gasteiger partial charge in [0.2, 0.25) is 0 Å². The second-order valence-electron chi connectivity index (χ2n) is 5.11. The molecular weight excluding hydrogens is 391 g/mol. The van der Waals surface area contributed by atoms with Gasteiger partial charge in [-0.15, -0.1) is 0 Å². The molecule has 1 unspecified atom stereocenters. The van der Waals surface area contributed by atoms with Gasteiger partial charge in [0.1, 0.15) is 6.10 Å². The second kappa shape index (κ2) is 10.7. The molecule has 0 fully saturated rings. The Morgan fingerprint density at radius 1 is 1.31 bits per heavy atom. The molecule has 0 aliphatic heterocycles. The lowest BCUT2D eigenvalue weighted by atomic mass is 10.1. The first kappa shape index (κ1) is 22.6. The first-order chi connectivity index (χ1) is 12.1. The van der Waals surface area contributed by atoms with E-state index in [1.807, 2.05) is 17.8 Å². The average molecular weight is 411 g/mol.